The van der Waals surface area contributed by atoms with Gasteiger partial charge in [0.2, 0.25) is 5.82 Å². The Morgan fingerprint density at radius 2 is 1.84 bits per heavy atom. The summed E-state index contributed by atoms with van der Waals surface area (Å²) in [4.78, 5) is 28.9. The molecule has 7 nitrogen and oxygen atoms in total. The van der Waals surface area contributed by atoms with Crippen molar-refractivity contribution in [1.29, 1.82) is 0 Å². The van der Waals surface area contributed by atoms with Gasteiger partial charge in [0.15, 0.2) is 0 Å². The number of carbonyl (C=O) groups is 2. The average molecular weight is 421 g/mol. The molecular weight excluding hydrogens is 408 g/mol. The van der Waals surface area contributed by atoms with E-state index in [0.717, 1.165) is 4.88 Å². The van der Waals surface area contributed by atoms with Crippen molar-refractivity contribution in [2.75, 3.05) is 13.1 Å². The van der Waals surface area contributed by atoms with Crippen LogP contribution in [0.15, 0.2) is 50.8 Å². The van der Waals surface area contributed by atoms with Crippen LogP contribution in [0.3, 0.4) is 0 Å². The smallest absolute Gasteiger partial charge is 0.316 e. The topological polar surface area (TPSA) is 97.1 Å². The fraction of sp³-hybridized carbons (Fsp3) is 0.125. The van der Waals surface area contributed by atoms with E-state index in [9.17, 15) is 9.59 Å². The van der Waals surface area contributed by atoms with Crippen molar-refractivity contribution in [1.82, 2.24) is 20.8 Å². The minimum Gasteiger partial charge on any atom is -0.350 e. The lowest BCUT2D eigenvalue weighted by Crippen LogP contribution is -2.34. The first-order chi connectivity index (χ1) is 12.1. The van der Waals surface area contributed by atoms with Crippen LogP contribution < -0.4 is 10.6 Å². The minimum atomic E-state index is -0.481. The maximum Gasteiger partial charge on any atom is 0.316 e. The standard InChI is InChI=1S/C16H13BrN4O3S/c17-11-5-2-1-4-10(11)14(22)18-7-8-19-15(23)16-20-13(21-24-16)12-6-3-9-25-12/h1-6,9H,7-8H2,(H,18,22)(H,19,23). The Kier molecular flexibility index (Phi) is 5.56. The second-order valence-corrected chi connectivity index (χ2v) is 6.69. The maximum atomic E-state index is 12.0. The number of benzene rings is 1. The Morgan fingerprint density at radius 3 is 2.56 bits per heavy atom. The van der Waals surface area contributed by atoms with Crippen LogP contribution >= 0.6 is 27.3 Å². The quantitative estimate of drug-likeness (QED) is 0.597. The molecule has 0 aliphatic heterocycles. The number of aromatic nitrogens is 2. The number of thiophene rings is 1. The fourth-order valence-electron chi connectivity index (χ4n) is 1.99. The molecule has 0 aliphatic rings. The van der Waals surface area contributed by atoms with Crippen LogP contribution in [0, 0.1) is 0 Å². The molecule has 3 aromatic rings. The first-order valence-electron chi connectivity index (χ1n) is 7.33. The van der Waals surface area contributed by atoms with Crippen molar-refractivity contribution < 1.29 is 14.1 Å². The first-order valence-corrected chi connectivity index (χ1v) is 9.01. The minimum absolute atomic E-state index is 0.111. The highest BCUT2D eigenvalue weighted by atomic mass is 79.9. The lowest BCUT2D eigenvalue weighted by atomic mass is 10.2. The first kappa shape index (κ1) is 17.3. The van der Waals surface area contributed by atoms with Gasteiger partial charge in [-0.2, -0.15) is 4.98 Å². The zero-order chi connectivity index (χ0) is 17.6. The number of rotatable bonds is 6. The van der Waals surface area contributed by atoms with Gasteiger partial charge in [0.25, 0.3) is 5.91 Å². The summed E-state index contributed by atoms with van der Waals surface area (Å²) in [6.45, 7) is 0.517. The number of amides is 2. The van der Waals surface area contributed by atoms with E-state index in [1.165, 1.54) is 11.3 Å². The number of hydrogen-bond acceptors (Lipinski definition) is 6. The van der Waals surface area contributed by atoms with E-state index >= 15 is 0 Å². The third kappa shape index (κ3) is 4.31. The summed E-state index contributed by atoms with van der Waals surface area (Å²) in [5, 5.41) is 11.0. The SMILES string of the molecule is O=C(NCCNC(=O)c1ccccc1Br)c1nc(-c2cccs2)no1. The lowest BCUT2D eigenvalue weighted by molar-refractivity contribution is 0.0898. The average Bonchev–Trinajstić information content (AvgIpc) is 3.29. The molecule has 0 saturated carbocycles. The Morgan fingerprint density at radius 1 is 1.08 bits per heavy atom. The van der Waals surface area contributed by atoms with E-state index in [1.54, 1.807) is 18.2 Å². The van der Waals surface area contributed by atoms with Gasteiger partial charge in [0.05, 0.1) is 10.4 Å². The van der Waals surface area contributed by atoms with Gasteiger partial charge in [0, 0.05) is 17.6 Å². The molecule has 0 aliphatic carbocycles. The largest absolute Gasteiger partial charge is 0.350 e. The molecule has 1 aromatic carbocycles. The van der Waals surface area contributed by atoms with Crippen molar-refractivity contribution in [2.45, 2.75) is 0 Å². The molecule has 0 atom stereocenters. The van der Waals surface area contributed by atoms with Gasteiger partial charge in [-0.3, -0.25) is 9.59 Å². The van der Waals surface area contributed by atoms with Gasteiger partial charge in [0.1, 0.15) is 0 Å². The van der Waals surface area contributed by atoms with Crippen LogP contribution in [0.1, 0.15) is 21.0 Å². The van der Waals surface area contributed by atoms with Gasteiger partial charge >= 0.3 is 11.8 Å². The monoisotopic (exact) mass is 420 g/mol. The molecule has 0 unspecified atom stereocenters. The summed E-state index contributed by atoms with van der Waals surface area (Å²) >= 11 is 4.78. The molecule has 2 N–H and O–H groups in total. The second-order valence-electron chi connectivity index (χ2n) is 4.89. The third-order valence-corrected chi connectivity index (χ3v) is 4.73. The predicted molar refractivity (Wildman–Crippen MR) is 96.4 cm³/mol. The van der Waals surface area contributed by atoms with Crippen molar-refractivity contribution >= 4 is 39.1 Å². The molecule has 2 aromatic heterocycles. The molecule has 9 heteroatoms. The lowest BCUT2D eigenvalue weighted by Gasteiger charge is -2.07. The van der Waals surface area contributed by atoms with Crippen LogP contribution in [-0.2, 0) is 0 Å². The van der Waals surface area contributed by atoms with Crippen LogP contribution in [0.5, 0.6) is 0 Å². The summed E-state index contributed by atoms with van der Waals surface area (Å²) in [6, 6.07) is 10.8. The van der Waals surface area contributed by atoms with E-state index in [0.29, 0.717) is 15.9 Å². The molecular formula is C16H13BrN4O3S. The van der Waals surface area contributed by atoms with Crippen LogP contribution in [-0.4, -0.2) is 35.0 Å². The van der Waals surface area contributed by atoms with E-state index in [-0.39, 0.29) is 24.9 Å². The Labute approximate surface area is 155 Å². The molecule has 128 valence electrons. The maximum absolute atomic E-state index is 12.0. The number of carbonyl (C=O) groups excluding carboxylic acids is 2. The zero-order valence-corrected chi connectivity index (χ0v) is 15.3. The summed E-state index contributed by atoms with van der Waals surface area (Å²) in [6.07, 6.45) is 0. The van der Waals surface area contributed by atoms with E-state index in [1.807, 2.05) is 23.6 Å². The van der Waals surface area contributed by atoms with Crippen LogP contribution in [0.25, 0.3) is 10.7 Å². The molecule has 0 bridgehead atoms. The van der Waals surface area contributed by atoms with Gasteiger partial charge in [-0.05, 0) is 39.5 Å². The highest BCUT2D eigenvalue weighted by molar-refractivity contribution is 9.10. The second kappa shape index (κ2) is 8.04. The Bertz CT molecular complexity index is 879. The summed E-state index contributed by atoms with van der Waals surface area (Å²) in [5.74, 6) is -0.437. The number of nitrogens with zero attached hydrogens (tertiary/aromatic N) is 2. The van der Waals surface area contributed by atoms with Gasteiger partial charge in [-0.25, -0.2) is 0 Å². The molecule has 2 amide bonds. The number of nitrogens with one attached hydrogen (secondary N) is 2. The van der Waals surface area contributed by atoms with E-state index in [2.05, 4.69) is 36.7 Å². The molecule has 0 fully saturated rings. The molecule has 0 spiro atoms. The fourth-order valence-corrected chi connectivity index (χ4v) is 3.10. The normalized spacial score (nSPS) is 10.4. The van der Waals surface area contributed by atoms with Crippen molar-refractivity contribution in [2.24, 2.45) is 0 Å². The summed E-state index contributed by atoms with van der Waals surface area (Å²) in [7, 11) is 0. The van der Waals surface area contributed by atoms with Crippen molar-refractivity contribution in [3.63, 3.8) is 0 Å². The molecule has 0 radical (unpaired) electrons. The van der Waals surface area contributed by atoms with Gasteiger partial charge in [-0.1, -0.05) is 23.4 Å². The van der Waals surface area contributed by atoms with E-state index in [4.69, 9.17) is 4.52 Å². The highest BCUT2D eigenvalue weighted by Crippen LogP contribution is 2.21. The summed E-state index contributed by atoms with van der Waals surface area (Å²) in [5.41, 5.74) is 0.534. The van der Waals surface area contributed by atoms with Crippen molar-refractivity contribution in [3.8, 4) is 10.7 Å². The van der Waals surface area contributed by atoms with Gasteiger partial charge in [-0.15, -0.1) is 11.3 Å². The highest BCUT2D eigenvalue weighted by Gasteiger charge is 2.16. The van der Waals surface area contributed by atoms with Crippen LogP contribution in [0.2, 0.25) is 0 Å². The van der Waals surface area contributed by atoms with E-state index < -0.39 is 5.91 Å². The molecule has 2 heterocycles. The van der Waals surface area contributed by atoms with Crippen LogP contribution in [0.4, 0.5) is 0 Å². The zero-order valence-electron chi connectivity index (χ0n) is 12.9. The third-order valence-electron chi connectivity index (χ3n) is 3.18. The molecule has 25 heavy (non-hydrogen) atoms. The van der Waals surface area contributed by atoms with Crippen molar-refractivity contribution in [3.05, 3.63) is 57.7 Å². The number of hydrogen-bond donors (Lipinski definition) is 2. The Hall–Kier alpha value is -2.52. The summed E-state index contributed by atoms with van der Waals surface area (Å²) < 4.78 is 5.66. The molecule has 3 rings (SSSR count). The predicted octanol–water partition coefficient (Wildman–Crippen LogP) is 2.72. The number of halogens is 1. The van der Waals surface area contributed by atoms with Gasteiger partial charge < -0.3 is 15.2 Å². The Balaban J connectivity index is 1.47. The molecule has 0 saturated heterocycles.